The Balaban J connectivity index is 2.52. The summed E-state index contributed by atoms with van der Waals surface area (Å²) in [6.07, 6.45) is 0.886. The van der Waals surface area contributed by atoms with Crippen LogP contribution in [0.25, 0.3) is 11.3 Å². The van der Waals surface area contributed by atoms with Crippen LogP contribution in [0.2, 0.25) is 0 Å². The average molecular weight is 273 g/mol. The summed E-state index contributed by atoms with van der Waals surface area (Å²) in [7, 11) is 1.64. The predicted molar refractivity (Wildman–Crippen MR) is 78.4 cm³/mol. The predicted octanol–water partition coefficient (Wildman–Crippen LogP) is 3.58. The van der Waals surface area contributed by atoms with Crippen molar-refractivity contribution >= 4 is 5.97 Å². The number of benzene rings is 1. The summed E-state index contributed by atoms with van der Waals surface area (Å²) in [5.41, 5.74) is 3.29. The van der Waals surface area contributed by atoms with E-state index in [-0.39, 0.29) is 0 Å². The van der Waals surface area contributed by atoms with Crippen molar-refractivity contribution in [1.82, 2.24) is 4.57 Å². The second-order valence-electron chi connectivity index (χ2n) is 4.75. The third-order valence-corrected chi connectivity index (χ3v) is 3.34. The molecule has 0 saturated carbocycles. The Morgan fingerprint density at radius 2 is 2.05 bits per heavy atom. The summed E-state index contributed by atoms with van der Waals surface area (Å²) in [4.78, 5) is 11.3. The lowest BCUT2D eigenvalue weighted by Crippen LogP contribution is -2.09. The third kappa shape index (κ3) is 2.54. The molecule has 2 rings (SSSR count). The number of aromatic carboxylic acids is 1. The molecular formula is C16H19NO3. The lowest BCUT2D eigenvalue weighted by Gasteiger charge is -2.12. The lowest BCUT2D eigenvalue weighted by atomic mass is 10.1. The molecule has 106 valence electrons. The van der Waals surface area contributed by atoms with Crippen molar-refractivity contribution in [3.05, 3.63) is 41.6 Å². The molecule has 0 saturated heterocycles. The van der Waals surface area contributed by atoms with E-state index in [1.165, 1.54) is 0 Å². The van der Waals surface area contributed by atoms with Crippen molar-refractivity contribution in [3.63, 3.8) is 0 Å². The Labute approximate surface area is 118 Å². The highest BCUT2D eigenvalue weighted by Gasteiger charge is 2.15. The van der Waals surface area contributed by atoms with Gasteiger partial charge in [-0.05, 0) is 54.8 Å². The standard InChI is InChI=1S/C16H19NO3/c1-4-9-17-13(6-7-14(17)16(18)19)12-5-8-15(20-3)11(2)10-12/h5-8,10H,4,9H2,1-3H3,(H,18,19). The largest absolute Gasteiger partial charge is 0.496 e. The quantitative estimate of drug-likeness (QED) is 0.905. The molecule has 4 heteroatoms. The zero-order valence-electron chi connectivity index (χ0n) is 12.0. The van der Waals surface area contributed by atoms with Crippen molar-refractivity contribution in [1.29, 1.82) is 0 Å². The van der Waals surface area contributed by atoms with Gasteiger partial charge in [0.05, 0.1) is 7.11 Å². The monoisotopic (exact) mass is 273 g/mol. The minimum Gasteiger partial charge on any atom is -0.496 e. The molecule has 0 fully saturated rings. The second kappa shape index (κ2) is 5.82. The summed E-state index contributed by atoms with van der Waals surface area (Å²) in [5, 5.41) is 9.25. The lowest BCUT2D eigenvalue weighted by molar-refractivity contribution is 0.0685. The van der Waals surface area contributed by atoms with E-state index < -0.39 is 5.97 Å². The molecule has 4 nitrogen and oxygen atoms in total. The summed E-state index contributed by atoms with van der Waals surface area (Å²) in [6, 6.07) is 9.41. The molecule has 0 bridgehead atoms. The molecular weight excluding hydrogens is 254 g/mol. The molecule has 0 spiro atoms. The maximum absolute atomic E-state index is 11.3. The van der Waals surface area contributed by atoms with E-state index in [0.717, 1.165) is 29.0 Å². The van der Waals surface area contributed by atoms with Crippen molar-refractivity contribution in [2.45, 2.75) is 26.8 Å². The molecule has 1 N–H and O–H groups in total. The van der Waals surface area contributed by atoms with Crippen molar-refractivity contribution in [2.75, 3.05) is 7.11 Å². The fourth-order valence-corrected chi connectivity index (χ4v) is 2.41. The molecule has 0 amide bonds. The molecule has 1 aromatic heterocycles. The first-order valence-corrected chi connectivity index (χ1v) is 6.66. The second-order valence-corrected chi connectivity index (χ2v) is 4.75. The first-order chi connectivity index (χ1) is 9.58. The fourth-order valence-electron chi connectivity index (χ4n) is 2.41. The third-order valence-electron chi connectivity index (χ3n) is 3.34. The number of aryl methyl sites for hydroxylation is 1. The summed E-state index contributed by atoms with van der Waals surface area (Å²) in [6.45, 7) is 4.71. The van der Waals surface area contributed by atoms with Gasteiger partial charge in [-0.15, -0.1) is 0 Å². The number of hydrogen-bond acceptors (Lipinski definition) is 2. The van der Waals surface area contributed by atoms with Gasteiger partial charge in [-0.25, -0.2) is 4.79 Å². The molecule has 1 aromatic carbocycles. The normalized spacial score (nSPS) is 10.6. The first kappa shape index (κ1) is 14.2. The molecule has 1 heterocycles. The average Bonchev–Trinajstić information content (AvgIpc) is 2.83. The van der Waals surface area contributed by atoms with Gasteiger partial charge in [0.2, 0.25) is 0 Å². The van der Waals surface area contributed by atoms with E-state index in [1.54, 1.807) is 13.2 Å². The molecule has 20 heavy (non-hydrogen) atoms. The SMILES string of the molecule is CCCn1c(C(=O)O)ccc1-c1ccc(OC)c(C)c1. The maximum atomic E-state index is 11.3. The van der Waals surface area contributed by atoms with Gasteiger partial charge < -0.3 is 14.4 Å². The van der Waals surface area contributed by atoms with E-state index in [9.17, 15) is 9.90 Å². The Bertz CT molecular complexity index is 629. The van der Waals surface area contributed by atoms with Gasteiger partial charge in [0, 0.05) is 12.2 Å². The van der Waals surface area contributed by atoms with E-state index in [1.807, 2.05) is 42.7 Å². The minimum absolute atomic E-state index is 0.329. The number of hydrogen-bond donors (Lipinski definition) is 1. The van der Waals surface area contributed by atoms with Crippen LogP contribution in [-0.2, 0) is 6.54 Å². The van der Waals surface area contributed by atoms with Crippen LogP contribution in [0, 0.1) is 6.92 Å². The zero-order valence-corrected chi connectivity index (χ0v) is 12.0. The van der Waals surface area contributed by atoms with E-state index in [4.69, 9.17) is 4.74 Å². The van der Waals surface area contributed by atoms with Crippen LogP contribution in [0.1, 0.15) is 29.4 Å². The Hall–Kier alpha value is -2.23. The first-order valence-electron chi connectivity index (χ1n) is 6.66. The highest BCUT2D eigenvalue weighted by atomic mass is 16.5. The van der Waals surface area contributed by atoms with Gasteiger partial charge in [-0.2, -0.15) is 0 Å². The number of rotatable bonds is 5. The number of ether oxygens (including phenoxy) is 1. The topological polar surface area (TPSA) is 51.5 Å². The highest BCUT2D eigenvalue weighted by molar-refractivity contribution is 5.87. The van der Waals surface area contributed by atoms with E-state index >= 15 is 0 Å². The molecule has 0 atom stereocenters. The Morgan fingerprint density at radius 1 is 1.30 bits per heavy atom. The van der Waals surface area contributed by atoms with Crippen molar-refractivity contribution in [3.8, 4) is 17.0 Å². The molecule has 2 aromatic rings. The summed E-state index contributed by atoms with van der Waals surface area (Å²) < 4.78 is 7.11. The number of carboxylic acids is 1. The molecule has 0 aliphatic heterocycles. The van der Waals surface area contributed by atoms with Crippen LogP contribution in [-0.4, -0.2) is 22.8 Å². The van der Waals surface area contributed by atoms with Crippen molar-refractivity contribution in [2.24, 2.45) is 0 Å². The zero-order chi connectivity index (χ0) is 14.7. The molecule has 0 radical (unpaired) electrons. The number of carboxylic acid groups (broad SMARTS) is 1. The van der Waals surface area contributed by atoms with Gasteiger partial charge in [0.15, 0.2) is 0 Å². The highest BCUT2D eigenvalue weighted by Crippen LogP contribution is 2.28. The fraction of sp³-hybridized carbons (Fsp3) is 0.312. The van der Waals surface area contributed by atoms with Crippen LogP contribution >= 0.6 is 0 Å². The van der Waals surface area contributed by atoms with Gasteiger partial charge >= 0.3 is 5.97 Å². The Morgan fingerprint density at radius 3 is 2.60 bits per heavy atom. The van der Waals surface area contributed by atoms with Gasteiger partial charge in [-0.3, -0.25) is 0 Å². The van der Waals surface area contributed by atoms with Crippen LogP contribution in [0.3, 0.4) is 0 Å². The van der Waals surface area contributed by atoms with Crippen LogP contribution < -0.4 is 4.74 Å². The number of methoxy groups -OCH3 is 1. The molecule has 0 aliphatic rings. The van der Waals surface area contributed by atoms with E-state index in [0.29, 0.717) is 12.2 Å². The van der Waals surface area contributed by atoms with Crippen LogP contribution in [0.4, 0.5) is 0 Å². The van der Waals surface area contributed by atoms with Crippen molar-refractivity contribution < 1.29 is 14.6 Å². The minimum atomic E-state index is -0.894. The molecule has 0 unspecified atom stereocenters. The summed E-state index contributed by atoms with van der Waals surface area (Å²) >= 11 is 0. The summed E-state index contributed by atoms with van der Waals surface area (Å²) in [5.74, 6) is -0.0595. The van der Waals surface area contributed by atoms with Gasteiger partial charge in [-0.1, -0.05) is 6.92 Å². The number of carbonyl (C=O) groups is 1. The van der Waals surface area contributed by atoms with Crippen LogP contribution in [0.5, 0.6) is 5.75 Å². The number of nitrogens with zero attached hydrogens (tertiary/aromatic N) is 1. The van der Waals surface area contributed by atoms with Gasteiger partial charge in [0.25, 0.3) is 0 Å². The number of aromatic nitrogens is 1. The van der Waals surface area contributed by atoms with Crippen LogP contribution in [0.15, 0.2) is 30.3 Å². The smallest absolute Gasteiger partial charge is 0.352 e. The van der Waals surface area contributed by atoms with E-state index in [2.05, 4.69) is 0 Å². The Kier molecular flexibility index (Phi) is 4.13. The van der Waals surface area contributed by atoms with Gasteiger partial charge in [0.1, 0.15) is 11.4 Å². The maximum Gasteiger partial charge on any atom is 0.352 e. The molecule has 0 aliphatic carbocycles.